The maximum atomic E-state index is 12.5. The molecule has 0 aliphatic rings. The lowest BCUT2D eigenvalue weighted by Crippen LogP contribution is -2.32. The first-order valence-electron chi connectivity index (χ1n) is 8.11. The first-order valence-corrected chi connectivity index (χ1v) is 8.11. The number of carbonyl (C=O) groups is 1. The van der Waals surface area contributed by atoms with Crippen LogP contribution >= 0.6 is 0 Å². The van der Waals surface area contributed by atoms with Gasteiger partial charge in [0.2, 0.25) is 0 Å². The second-order valence-electron chi connectivity index (χ2n) is 5.45. The maximum absolute atomic E-state index is 12.5. The van der Waals surface area contributed by atoms with Gasteiger partial charge in [0.1, 0.15) is 0 Å². The van der Waals surface area contributed by atoms with Crippen molar-refractivity contribution in [2.24, 2.45) is 0 Å². The summed E-state index contributed by atoms with van der Waals surface area (Å²) < 4.78 is 0. The van der Waals surface area contributed by atoms with Crippen molar-refractivity contribution in [1.82, 2.24) is 4.90 Å². The Morgan fingerprint density at radius 1 is 0.900 bits per heavy atom. The molecule has 0 fully saturated rings. The van der Waals surface area contributed by atoms with Crippen LogP contribution < -0.4 is 0 Å². The summed E-state index contributed by atoms with van der Waals surface area (Å²) in [5, 5.41) is 0. The van der Waals surface area contributed by atoms with E-state index in [0.29, 0.717) is 0 Å². The summed E-state index contributed by atoms with van der Waals surface area (Å²) in [7, 11) is 0. The molecule has 0 unspecified atom stereocenters. The highest BCUT2D eigenvalue weighted by molar-refractivity contribution is 5.94. The van der Waals surface area contributed by atoms with Gasteiger partial charge in [0.15, 0.2) is 0 Å². The molecule has 2 nitrogen and oxygen atoms in total. The van der Waals surface area contributed by atoms with E-state index in [1.807, 2.05) is 17.0 Å². The van der Waals surface area contributed by atoms with Gasteiger partial charge < -0.3 is 4.90 Å². The molecule has 0 saturated heterocycles. The molecule has 0 aliphatic carbocycles. The highest BCUT2D eigenvalue weighted by Gasteiger charge is 2.14. The van der Waals surface area contributed by atoms with Gasteiger partial charge in [-0.1, -0.05) is 45.7 Å². The third-order valence-electron chi connectivity index (χ3n) is 3.58. The molecule has 1 aromatic rings. The predicted molar refractivity (Wildman–Crippen MR) is 86.2 cm³/mol. The molecule has 1 aromatic carbocycles. The fourth-order valence-electron chi connectivity index (χ4n) is 2.31. The average molecular weight is 275 g/mol. The molecule has 0 aliphatic heterocycles. The molecule has 0 N–H and O–H groups in total. The van der Waals surface area contributed by atoms with Crippen molar-refractivity contribution < 1.29 is 4.79 Å². The van der Waals surface area contributed by atoms with Crippen LogP contribution in [0.5, 0.6) is 0 Å². The van der Waals surface area contributed by atoms with Crippen molar-refractivity contribution in [3.05, 3.63) is 35.4 Å². The quantitative estimate of drug-likeness (QED) is 0.640. The van der Waals surface area contributed by atoms with Gasteiger partial charge in [0.25, 0.3) is 5.91 Å². The molecule has 20 heavy (non-hydrogen) atoms. The standard InChI is InChI=1S/C18H29NO/c1-4-7-9-16-10-12-17(13-11-16)18(20)19(14-6-3)15-8-5-2/h10-13H,4-9,14-15H2,1-3H3. The first kappa shape index (κ1) is 16.7. The van der Waals surface area contributed by atoms with Gasteiger partial charge in [-0.3, -0.25) is 4.79 Å². The largest absolute Gasteiger partial charge is 0.339 e. The topological polar surface area (TPSA) is 20.3 Å². The van der Waals surface area contributed by atoms with E-state index < -0.39 is 0 Å². The minimum Gasteiger partial charge on any atom is -0.339 e. The van der Waals surface area contributed by atoms with Gasteiger partial charge in [-0.05, 0) is 43.4 Å². The Bertz CT molecular complexity index is 383. The van der Waals surface area contributed by atoms with Crippen LogP contribution in [-0.2, 0) is 6.42 Å². The third-order valence-corrected chi connectivity index (χ3v) is 3.58. The summed E-state index contributed by atoms with van der Waals surface area (Å²) in [6.45, 7) is 8.22. The van der Waals surface area contributed by atoms with E-state index in [2.05, 4.69) is 32.9 Å². The lowest BCUT2D eigenvalue weighted by atomic mass is 10.1. The van der Waals surface area contributed by atoms with Crippen LogP contribution in [0, 0.1) is 0 Å². The van der Waals surface area contributed by atoms with Crippen LogP contribution in [-0.4, -0.2) is 23.9 Å². The number of amides is 1. The average Bonchev–Trinajstić information content (AvgIpc) is 2.49. The second kappa shape index (κ2) is 9.57. The Hall–Kier alpha value is -1.31. The molecule has 0 radical (unpaired) electrons. The van der Waals surface area contributed by atoms with Gasteiger partial charge in [-0.25, -0.2) is 0 Å². The van der Waals surface area contributed by atoms with E-state index in [4.69, 9.17) is 0 Å². The normalized spacial score (nSPS) is 10.6. The zero-order valence-electron chi connectivity index (χ0n) is 13.3. The molecule has 0 atom stereocenters. The van der Waals surface area contributed by atoms with Gasteiger partial charge in [0.05, 0.1) is 0 Å². The number of carbonyl (C=O) groups excluding carboxylic acids is 1. The zero-order valence-corrected chi connectivity index (χ0v) is 13.3. The summed E-state index contributed by atoms with van der Waals surface area (Å²) in [6.07, 6.45) is 6.76. The van der Waals surface area contributed by atoms with Gasteiger partial charge >= 0.3 is 0 Å². The number of benzene rings is 1. The molecule has 1 amide bonds. The number of hydrogen-bond acceptors (Lipinski definition) is 1. The Morgan fingerprint density at radius 3 is 2.10 bits per heavy atom. The van der Waals surface area contributed by atoms with E-state index in [1.165, 1.54) is 18.4 Å². The van der Waals surface area contributed by atoms with Crippen molar-refractivity contribution in [1.29, 1.82) is 0 Å². The molecule has 0 saturated carbocycles. The van der Waals surface area contributed by atoms with Crippen molar-refractivity contribution >= 4 is 5.91 Å². The van der Waals surface area contributed by atoms with Gasteiger partial charge in [-0.15, -0.1) is 0 Å². The third kappa shape index (κ3) is 5.36. The van der Waals surface area contributed by atoms with Crippen LogP contribution in [0.4, 0.5) is 0 Å². The number of unbranched alkanes of at least 4 members (excludes halogenated alkanes) is 2. The van der Waals surface area contributed by atoms with Crippen LogP contribution in [0.2, 0.25) is 0 Å². The fraction of sp³-hybridized carbons (Fsp3) is 0.611. The van der Waals surface area contributed by atoms with Gasteiger partial charge in [-0.2, -0.15) is 0 Å². The minimum absolute atomic E-state index is 0.183. The molecule has 112 valence electrons. The number of hydrogen-bond donors (Lipinski definition) is 0. The SMILES string of the molecule is CCCCc1ccc(C(=O)N(CCC)CCCC)cc1. The first-order chi connectivity index (χ1) is 9.72. The maximum Gasteiger partial charge on any atom is 0.253 e. The number of nitrogens with zero attached hydrogens (tertiary/aromatic N) is 1. The second-order valence-corrected chi connectivity index (χ2v) is 5.45. The molecular weight excluding hydrogens is 246 g/mol. The summed E-state index contributed by atoms with van der Waals surface area (Å²) in [5.74, 6) is 0.183. The monoisotopic (exact) mass is 275 g/mol. The summed E-state index contributed by atoms with van der Waals surface area (Å²) >= 11 is 0. The van der Waals surface area contributed by atoms with E-state index in [-0.39, 0.29) is 5.91 Å². The highest BCUT2D eigenvalue weighted by Crippen LogP contribution is 2.11. The van der Waals surface area contributed by atoms with Crippen molar-refractivity contribution in [3.8, 4) is 0 Å². The molecule has 0 spiro atoms. The molecule has 2 heteroatoms. The summed E-state index contributed by atoms with van der Waals surface area (Å²) in [5.41, 5.74) is 2.16. The van der Waals surface area contributed by atoms with Crippen LogP contribution in [0.25, 0.3) is 0 Å². The fourth-order valence-corrected chi connectivity index (χ4v) is 2.31. The zero-order chi connectivity index (χ0) is 14.8. The van der Waals surface area contributed by atoms with E-state index in [0.717, 1.165) is 44.3 Å². The smallest absolute Gasteiger partial charge is 0.253 e. The van der Waals surface area contributed by atoms with Crippen LogP contribution in [0.3, 0.4) is 0 Å². The predicted octanol–water partition coefficient (Wildman–Crippen LogP) is 4.68. The molecule has 1 rings (SSSR count). The van der Waals surface area contributed by atoms with E-state index in [1.54, 1.807) is 0 Å². The number of rotatable bonds is 9. The van der Waals surface area contributed by atoms with E-state index in [9.17, 15) is 4.79 Å². The molecule has 0 aromatic heterocycles. The summed E-state index contributed by atoms with van der Waals surface area (Å²) in [4.78, 5) is 14.5. The van der Waals surface area contributed by atoms with Gasteiger partial charge in [0, 0.05) is 18.7 Å². The van der Waals surface area contributed by atoms with Crippen molar-refractivity contribution in [2.45, 2.75) is 59.3 Å². The Balaban J connectivity index is 2.67. The highest BCUT2D eigenvalue weighted by atomic mass is 16.2. The molecular formula is C18H29NO. The minimum atomic E-state index is 0.183. The number of aryl methyl sites for hydroxylation is 1. The lowest BCUT2D eigenvalue weighted by molar-refractivity contribution is 0.0753. The molecule has 0 bridgehead atoms. The Kier molecular flexibility index (Phi) is 8.01. The molecule has 0 heterocycles. The lowest BCUT2D eigenvalue weighted by Gasteiger charge is -2.22. The summed E-state index contributed by atoms with van der Waals surface area (Å²) in [6, 6.07) is 8.18. The van der Waals surface area contributed by atoms with Crippen LogP contribution in [0.1, 0.15) is 68.8 Å². The Labute approximate surface area is 124 Å². The van der Waals surface area contributed by atoms with Crippen molar-refractivity contribution in [3.63, 3.8) is 0 Å². The Morgan fingerprint density at radius 2 is 1.55 bits per heavy atom. The van der Waals surface area contributed by atoms with Crippen molar-refractivity contribution in [2.75, 3.05) is 13.1 Å². The van der Waals surface area contributed by atoms with E-state index >= 15 is 0 Å². The van der Waals surface area contributed by atoms with Crippen LogP contribution in [0.15, 0.2) is 24.3 Å².